The highest BCUT2D eigenvalue weighted by Gasteiger charge is 2.63. The van der Waals surface area contributed by atoms with Gasteiger partial charge in [-0.2, -0.15) is 0 Å². The number of carbonyl (C=O) groups is 1. The molecule has 2 nitrogen and oxygen atoms in total. The van der Waals surface area contributed by atoms with Crippen molar-refractivity contribution in [2.24, 2.45) is 23.7 Å². The summed E-state index contributed by atoms with van der Waals surface area (Å²) in [6.07, 6.45) is 13.2. The van der Waals surface area contributed by atoms with Gasteiger partial charge in [-0.1, -0.05) is 24.3 Å². The molecule has 2 fully saturated rings. The van der Waals surface area contributed by atoms with Crippen LogP contribution in [0.3, 0.4) is 0 Å². The summed E-state index contributed by atoms with van der Waals surface area (Å²) < 4.78 is 5.93. The topological polar surface area (TPSA) is 26.3 Å². The molecule has 3 rings (SSSR count). The van der Waals surface area contributed by atoms with Crippen LogP contribution in [0.4, 0.5) is 0 Å². The first-order valence-corrected chi connectivity index (χ1v) is 7.35. The number of esters is 1. The van der Waals surface area contributed by atoms with Crippen LogP contribution in [0.25, 0.3) is 0 Å². The Labute approximate surface area is 115 Å². The summed E-state index contributed by atoms with van der Waals surface area (Å²) in [5, 5.41) is 0. The van der Waals surface area contributed by atoms with Gasteiger partial charge in [0.25, 0.3) is 0 Å². The number of ether oxygens (including phenoxy) is 1. The molecule has 0 radical (unpaired) electrons. The predicted octanol–water partition coefficient (Wildman–Crippen LogP) is 3.65. The Kier molecular flexibility index (Phi) is 3.12. The molecular weight excluding hydrogens is 236 g/mol. The van der Waals surface area contributed by atoms with Crippen molar-refractivity contribution in [2.75, 3.05) is 0 Å². The Balaban J connectivity index is 1.90. The minimum Gasteiger partial charge on any atom is -0.458 e. The predicted molar refractivity (Wildman–Crippen MR) is 75.4 cm³/mol. The van der Waals surface area contributed by atoms with E-state index in [1.807, 2.05) is 12.2 Å². The monoisotopic (exact) mass is 258 g/mol. The third-order valence-corrected chi connectivity index (χ3v) is 5.19. The molecule has 0 spiro atoms. The molecule has 1 saturated heterocycles. The number of fused-ring (bicyclic) bond motifs is 5. The van der Waals surface area contributed by atoms with Crippen molar-refractivity contribution in [3.8, 4) is 0 Å². The van der Waals surface area contributed by atoms with Crippen LogP contribution in [0.15, 0.2) is 37.5 Å². The zero-order valence-electron chi connectivity index (χ0n) is 11.4. The van der Waals surface area contributed by atoms with Crippen LogP contribution in [0.1, 0.15) is 32.1 Å². The molecule has 0 aromatic rings. The van der Waals surface area contributed by atoms with E-state index < -0.39 is 0 Å². The SMILES string of the molecule is C=CCCC1(CCC=C)OC(=O)[C@H]2[C@@H]1[C@H]1C=C[C@@H]2C1. The molecule has 0 N–H and O–H groups in total. The average Bonchev–Trinajstić information content (AvgIpc) is 3.08. The van der Waals surface area contributed by atoms with Crippen LogP contribution >= 0.6 is 0 Å². The maximum atomic E-state index is 12.3. The molecule has 2 heteroatoms. The van der Waals surface area contributed by atoms with Crippen molar-refractivity contribution in [2.45, 2.75) is 37.7 Å². The summed E-state index contributed by atoms with van der Waals surface area (Å²) in [7, 11) is 0. The smallest absolute Gasteiger partial charge is 0.310 e. The van der Waals surface area contributed by atoms with Crippen molar-refractivity contribution in [3.05, 3.63) is 37.5 Å². The molecule has 2 bridgehead atoms. The quantitative estimate of drug-likeness (QED) is 0.537. The van der Waals surface area contributed by atoms with E-state index in [9.17, 15) is 4.79 Å². The van der Waals surface area contributed by atoms with Gasteiger partial charge in [0, 0.05) is 5.92 Å². The van der Waals surface area contributed by atoms with Gasteiger partial charge in [-0.05, 0) is 43.9 Å². The van der Waals surface area contributed by atoms with Gasteiger partial charge in [-0.25, -0.2) is 0 Å². The van der Waals surface area contributed by atoms with Crippen molar-refractivity contribution in [1.29, 1.82) is 0 Å². The van der Waals surface area contributed by atoms with E-state index in [-0.39, 0.29) is 17.5 Å². The molecule has 102 valence electrons. The molecular formula is C17H22O2. The Hall–Kier alpha value is -1.31. The highest BCUT2D eigenvalue weighted by atomic mass is 16.6. The standard InChI is InChI=1S/C17H22O2/c1-3-5-9-17(10-6-4-2)15-13-8-7-12(11-13)14(15)16(18)19-17/h3-4,7-8,12-15H,1-2,5-6,9-11H2/t12-,13+,14-,15+/m1/s1. The van der Waals surface area contributed by atoms with Crippen molar-refractivity contribution >= 4 is 5.97 Å². The van der Waals surface area contributed by atoms with Crippen molar-refractivity contribution in [3.63, 3.8) is 0 Å². The van der Waals surface area contributed by atoms with E-state index in [0.29, 0.717) is 17.8 Å². The molecule has 1 aliphatic heterocycles. The second-order valence-corrected chi connectivity index (χ2v) is 6.14. The van der Waals surface area contributed by atoms with E-state index in [4.69, 9.17) is 4.74 Å². The Morgan fingerprint density at radius 2 is 1.84 bits per heavy atom. The fraction of sp³-hybridized carbons (Fsp3) is 0.588. The van der Waals surface area contributed by atoms with E-state index in [1.165, 1.54) is 0 Å². The summed E-state index contributed by atoms with van der Waals surface area (Å²) in [5.74, 6) is 1.50. The molecule has 0 amide bonds. The lowest BCUT2D eigenvalue weighted by Gasteiger charge is -2.35. The molecule has 1 saturated carbocycles. The zero-order chi connectivity index (χ0) is 13.5. The van der Waals surface area contributed by atoms with E-state index >= 15 is 0 Å². The van der Waals surface area contributed by atoms with Gasteiger partial charge in [-0.3, -0.25) is 4.79 Å². The highest BCUT2D eigenvalue weighted by molar-refractivity contribution is 5.78. The minimum atomic E-state index is -0.270. The van der Waals surface area contributed by atoms with E-state index in [1.54, 1.807) is 0 Å². The average molecular weight is 258 g/mol. The first kappa shape index (κ1) is 12.7. The van der Waals surface area contributed by atoms with Crippen LogP contribution in [0.2, 0.25) is 0 Å². The first-order chi connectivity index (χ1) is 9.22. The van der Waals surface area contributed by atoms with E-state index in [0.717, 1.165) is 32.1 Å². The number of hydrogen-bond donors (Lipinski definition) is 0. The summed E-state index contributed by atoms with van der Waals surface area (Å²) in [6, 6.07) is 0. The Bertz CT molecular complexity index is 423. The van der Waals surface area contributed by atoms with Crippen LogP contribution in [-0.4, -0.2) is 11.6 Å². The number of cyclic esters (lactones) is 1. The van der Waals surface area contributed by atoms with Crippen LogP contribution in [0.5, 0.6) is 0 Å². The second-order valence-electron chi connectivity index (χ2n) is 6.14. The molecule has 0 aromatic heterocycles. The number of allylic oxidation sites excluding steroid dienone is 4. The van der Waals surface area contributed by atoms with Gasteiger partial charge in [0.2, 0.25) is 0 Å². The lowest BCUT2D eigenvalue weighted by atomic mass is 9.71. The highest BCUT2D eigenvalue weighted by Crippen LogP contribution is 2.59. The van der Waals surface area contributed by atoms with Gasteiger partial charge in [0.1, 0.15) is 5.60 Å². The fourth-order valence-corrected chi connectivity index (χ4v) is 4.45. The normalized spacial score (nSPS) is 37.2. The molecule has 3 aliphatic rings. The molecule has 0 unspecified atom stereocenters. The Morgan fingerprint density at radius 3 is 2.47 bits per heavy atom. The lowest BCUT2D eigenvalue weighted by molar-refractivity contribution is -0.153. The maximum absolute atomic E-state index is 12.3. The second kappa shape index (κ2) is 4.66. The maximum Gasteiger partial charge on any atom is 0.310 e. The summed E-state index contributed by atoms with van der Waals surface area (Å²) in [6.45, 7) is 7.62. The number of hydrogen-bond acceptors (Lipinski definition) is 2. The minimum absolute atomic E-state index is 0.0370. The van der Waals surface area contributed by atoms with Gasteiger partial charge in [-0.15, -0.1) is 13.2 Å². The van der Waals surface area contributed by atoms with Crippen LogP contribution < -0.4 is 0 Å². The number of carbonyl (C=O) groups excluding carboxylic acids is 1. The van der Waals surface area contributed by atoms with E-state index in [2.05, 4.69) is 25.3 Å². The van der Waals surface area contributed by atoms with Crippen LogP contribution in [-0.2, 0) is 9.53 Å². The molecule has 4 atom stereocenters. The molecule has 2 aliphatic carbocycles. The third-order valence-electron chi connectivity index (χ3n) is 5.19. The van der Waals surface area contributed by atoms with Gasteiger partial charge < -0.3 is 4.74 Å². The van der Waals surface area contributed by atoms with Gasteiger partial charge in [0.05, 0.1) is 5.92 Å². The lowest BCUT2D eigenvalue weighted by Crippen LogP contribution is -2.39. The summed E-state index contributed by atoms with van der Waals surface area (Å²) in [4.78, 5) is 12.3. The van der Waals surface area contributed by atoms with Crippen molar-refractivity contribution in [1.82, 2.24) is 0 Å². The third kappa shape index (κ3) is 1.80. The van der Waals surface area contributed by atoms with Gasteiger partial charge >= 0.3 is 5.97 Å². The zero-order valence-corrected chi connectivity index (χ0v) is 11.4. The van der Waals surface area contributed by atoms with Gasteiger partial charge in [0.15, 0.2) is 0 Å². The largest absolute Gasteiger partial charge is 0.458 e. The molecule has 1 heterocycles. The fourth-order valence-electron chi connectivity index (χ4n) is 4.45. The summed E-state index contributed by atoms with van der Waals surface area (Å²) in [5.41, 5.74) is -0.270. The summed E-state index contributed by atoms with van der Waals surface area (Å²) >= 11 is 0. The van der Waals surface area contributed by atoms with Crippen molar-refractivity contribution < 1.29 is 9.53 Å². The molecule has 0 aromatic carbocycles. The first-order valence-electron chi connectivity index (χ1n) is 7.35. The number of rotatable bonds is 6. The Morgan fingerprint density at radius 1 is 1.21 bits per heavy atom. The van der Waals surface area contributed by atoms with Crippen LogP contribution in [0, 0.1) is 23.7 Å². The molecule has 19 heavy (non-hydrogen) atoms.